The third-order valence-corrected chi connectivity index (χ3v) is 11.0. The van der Waals surface area contributed by atoms with E-state index < -0.39 is 58.0 Å². The molecular formula is C37H51ClN4O8S. The summed E-state index contributed by atoms with van der Waals surface area (Å²) < 4.78 is 41.0. The molecule has 0 bridgehead atoms. The van der Waals surface area contributed by atoms with Crippen molar-refractivity contribution in [2.75, 3.05) is 41.9 Å². The van der Waals surface area contributed by atoms with Crippen molar-refractivity contribution >= 4 is 56.8 Å². The number of sulfonamides is 1. The fourth-order valence-corrected chi connectivity index (χ4v) is 8.50. The minimum atomic E-state index is -4.42. The van der Waals surface area contributed by atoms with Crippen LogP contribution in [0.3, 0.4) is 0 Å². The second-order valence-corrected chi connectivity index (χ2v) is 17.5. The Morgan fingerprint density at radius 3 is 2.04 bits per heavy atom. The summed E-state index contributed by atoms with van der Waals surface area (Å²) in [5.74, 6) is -1.84. The Morgan fingerprint density at radius 2 is 1.45 bits per heavy atom. The molecule has 0 spiro atoms. The van der Waals surface area contributed by atoms with E-state index >= 15 is 0 Å². The van der Waals surface area contributed by atoms with Gasteiger partial charge in [0.2, 0.25) is 5.91 Å². The van der Waals surface area contributed by atoms with Gasteiger partial charge in [0.1, 0.15) is 23.8 Å². The molecule has 2 amide bonds. The van der Waals surface area contributed by atoms with Gasteiger partial charge in [0, 0.05) is 11.6 Å². The lowest BCUT2D eigenvalue weighted by Crippen LogP contribution is -2.58. The van der Waals surface area contributed by atoms with Gasteiger partial charge < -0.3 is 14.8 Å². The predicted octanol–water partition coefficient (Wildman–Crippen LogP) is 5.16. The maximum Gasteiger partial charge on any atom is 0.326 e. The van der Waals surface area contributed by atoms with Gasteiger partial charge in [-0.15, -0.1) is 0 Å². The predicted molar refractivity (Wildman–Crippen MR) is 196 cm³/mol. The smallest absolute Gasteiger partial charge is 0.326 e. The Hall–Kier alpha value is -3.68. The van der Waals surface area contributed by atoms with E-state index in [4.69, 9.17) is 21.1 Å². The van der Waals surface area contributed by atoms with E-state index in [1.54, 1.807) is 65.0 Å². The summed E-state index contributed by atoms with van der Waals surface area (Å²) in [6.07, 6.45) is 1.91. The first-order chi connectivity index (χ1) is 23.7. The summed E-state index contributed by atoms with van der Waals surface area (Å²) in [5, 5.41) is 3.29. The molecule has 4 rings (SSSR count). The third-order valence-electron chi connectivity index (χ3n) is 8.68. The number of fused-ring (bicyclic) bond motifs is 1. The third kappa shape index (κ3) is 10.4. The first kappa shape index (κ1) is 40.1. The quantitative estimate of drug-likeness (QED) is 0.309. The first-order valence-electron chi connectivity index (χ1n) is 17.3. The fraction of sp³-hybridized carbons (Fsp3) is 0.568. The maximum atomic E-state index is 14.5. The number of hydrogen-bond donors (Lipinski definition) is 1. The van der Waals surface area contributed by atoms with Crippen LogP contribution in [-0.4, -0.2) is 87.0 Å². The molecule has 2 aromatic carbocycles. The average molecular weight is 747 g/mol. The lowest BCUT2D eigenvalue weighted by Gasteiger charge is -2.41. The van der Waals surface area contributed by atoms with Crippen molar-refractivity contribution in [3.05, 3.63) is 52.5 Å². The normalized spacial score (nSPS) is 17.6. The number of rotatable bonds is 11. The van der Waals surface area contributed by atoms with Crippen LogP contribution in [0.15, 0.2) is 41.3 Å². The average Bonchev–Trinajstić information content (AvgIpc) is 3.00. The van der Waals surface area contributed by atoms with Crippen molar-refractivity contribution in [1.29, 1.82) is 0 Å². The van der Waals surface area contributed by atoms with Gasteiger partial charge in [0.05, 0.1) is 29.2 Å². The number of aryl methyl sites for hydroxylation is 2. The Bertz CT molecular complexity index is 1740. The van der Waals surface area contributed by atoms with Gasteiger partial charge in [-0.05, 0) is 129 Å². The van der Waals surface area contributed by atoms with Gasteiger partial charge in [0.25, 0.3) is 15.9 Å². The lowest BCUT2D eigenvalue weighted by molar-refractivity contribution is -0.156. The van der Waals surface area contributed by atoms with Gasteiger partial charge in [0.15, 0.2) is 0 Å². The van der Waals surface area contributed by atoms with Crippen LogP contribution >= 0.6 is 11.6 Å². The summed E-state index contributed by atoms with van der Waals surface area (Å²) in [7, 11) is -4.42. The molecule has 12 nitrogen and oxygen atoms in total. The molecule has 0 aliphatic carbocycles. The molecule has 1 unspecified atom stereocenters. The molecule has 14 heteroatoms. The molecule has 280 valence electrons. The van der Waals surface area contributed by atoms with E-state index in [-0.39, 0.29) is 28.8 Å². The Labute approximate surface area is 306 Å². The van der Waals surface area contributed by atoms with Crippen LogP contribution < -0.4 is 14.5 Å². The lowest BCUT2D eigenvalue weighted by atomic mass is 9.93. The molecule has 2 heterocycles. The van der Waals surface area contributed by atoms with Crippen molar-refractivity contribution in [2.45, 2.75) is 103 Å². The summed E-state index contributed by atoms with van der Waals surface area (Å²) in [6, 6.07) is 7.93. The van der Waals surface area contributed by atoms with Crippen molar-refractivity contribution in [3.63, 3.8) is 0 Å². The number of hydrogen-bond acceptors (Lipinski definition) is 9. The van der Waals surface area contributed by atoms with Crippen molar-refractivity contribution < 1.29 is 37.1 Å². The minimum absolute atomic E-state index is 0.0454. The number of nitrogens with zero attached hydrogens (tertiary/aromatic N) is 3. The van der Waals surface area contributed by atoms with Crippen LogP contribution in [0.25, 0.3) is 0 Å². The zero-order valence-corrected chi connectivity index (χ0v) is 32.4. The fourth-order valence-electron chi connectivity index (χ4n) is 6.37. The zero-order chi connectivity index (χ0) is 37.9. The van der Waals surface area contributed by atoms with E-state index in [0.717, 1.165) is 30.2 Å². The minimum Gasteiger partial charge on any atom is -0.459 e. The van der Waals surface area contributed by atoms with Crippen LogP contribution in [0.5, 0.6) is 0 Å². The molecule has 2 aliphatic heterocycles. The van der Waals surface area contributed by atoms with E-state index in [0.29, 0.717) is 35.0 Å². The summed E-state index contributed by atoms with van der Waals surface area (Å²) in [6.45, 7) is 15.5. The van der Waals surface area contributed by atoms with Crippen LogP contribution in [0.2, 0.25) is 5.02 Å². The molecule has 1 N–H and O–H groups in total. The number of anilines is 2. The standard InChI is InChI=1S/C37H51ClN4O8S/c1-24-20-31(25(2)19-27(24)38)51(47,48)42-29-12-10-9-11-28(29)41(23-34(45)50-37(6,7)8)35(46)30(42)21-32(43)39-16-13-26-14-17-40(18-15-26)22-33(44)49-36(3,4)5/h9-12,19-20,26,30H,13-18,21-23H2,1-8H3,(H,39,43). The van der Waals surface area contributed by atoms with Crippen LogP contribution in [0, 0.1) is 19.8 Å². The Kier molecular flexibility index (Phi) is 12.5. The number of ether oxygens (including phenoxy) is 2. The highest BCUT2D eigenvalue weighted by Crippen LogP contribution is 2.41. The maximum absolute atomic E-state index is 14.5. The number of amides is 2. The molecule has 51 heavy (non-hydrogen) atoms. The van der Waals surface area contributed by atoms with E-state index in [9.17, 15) is 27.6 Å². The number of likely N-dealkylation sites (tertiary alicyclic amines) is 1. The Balaban J connectivity index is 1.53. The van der Waals surface area contributed by atoms with Crippen LogP contribution in [-0.2, 0) is 38.7 Å². The molecule has 2 aromatic rings. The second kappa shape index (κ2) is 15.9. The SMILES string of the molecule is Cc1cc(S(=O)(=O)N2c3ccccc3N(CC(=O)OC(C)(C)C)C(=O)C2CC(=O)NCCC2CCN(CC(=O)OC(C)(C)C)CC2)c(C)cc1Cl. The molecule has 1 saturated heterocycles. The van der Waals surface area contributed by atoms with Gasteiger partial charge in [-0.3, -0.25) is 33.3 Å². The van der Waals surface area contributed by atoms with E-state index in [2.05, 4.69) is 10.2 Å². The van der Waals surface area contributed by atoms with Crippen LogP contribution in [0.4, 0.5) is 11.4 Å². The number of para-hydroxylation sites is 2. The van der Waals surface area contributed by atoms with Crippen molar-refractivity contribution in [3.8, 4) is 0 Å². The summed E-state index contributed by atoms with van der Waals surface area (Å²) in [5.41, 5.74) is -0.0763. The first-order valence-corrected chi connectivity index (χ1v) is 19.1. The van der Waals surface area contributed by atoms with Crippen molar-refractivity contribution in [2.24, 2.45) is 5.92 Å². The zero-order valence-electron chi connectivity index (χ0n) is 30.9. The summed E-state index contributed by atoms with van der Waals surface area (Å²) in [4.78, 5) is 56.2. The molecule has 0 saturated carbocycles. The topological polar surface area (TPSA) is 143 Å². The number of carbonyl (C=O) groups is 4. The molecule has 0 radical (unpaired) electrons. The van der Waals surface area contributed by atoms with E-state index in [1.807, 2.05) is 20.8 Å². The number of esters is 2. The van der Waals surface area contributed by atoms with Crippen molar-refractivity contribution in [1.82, 2.24) is 10.2 Å². The Morgan fingerprint density at radius 1 is 0.882 bits per heavy atom. The molecule has 0 aromatic heterocycles. The highest BCUT2D eigenvalue weighted by atomic mass is 35.5. The number of halogens is 1. The second-order valence-electron chi connectivity index (χ2n) is 15.3. The van der Waals surface area contributed by atoms with Gasteiger partial charge >= 0.3 is 11.9 Å². The largest absolute Gasteiger partial charge is 0.459 e. The molecule has 1 fully saturated rings. The van der Waals surface area contributed by atoms with E-state index in [1.165, 1.54) is 11.0 Å². The summed E-state index contributed by atoms with van der Waals surface area (Å²) >= 11 is 6.30. The highest BCUT2D eigenvalue weighted by molar-refractivity contribution is 7.93. The highest BCUT2D eigenvalue weighted by Gasteiger charge is 2.46. The molecule has 1 atom stereocenters. The molecular weight excluding hydrogens is 696 g/mol. The number of nitrogens with one attached hydrogen (secondary N) is 1. The number of carbonyl (C=O) groups excluding carboxylic acids is 4. The number of piperidine rings is 1. The van der Waals surface area contributed by atoms with Gasteiger partial charge in [-0.2, -0.15) is 0 Å². The van der Waals surface area contributed by atoms with Crippen LogP contribution in [0.1, 0.15) is 78.4 Å². The monoisotopic (exact) mass is 746 g/mol. The molecule has 2 aliphatic rings. The van der Waals surface area contributed by atoms with Gasteiger partial charge in [-0.1, -0.05) is 23.7 Å². The number of benzene rings is 2. The van der Waals surface area contributed by atoms with Gasteiger partial charge in [-0.25, -0.2) is 8.42 Å².